The number of aryl methyl sites for hydroxylation is 2. The molecule has 7 nitrogen and oxygen atoms in total. The average Bonchev–Trinajstić information content (AvgIpc) is 3.51. The zero-order chi connectivity index (χ0) is 21.7. The number of aromatic nitrogens is 4. The number of hydrogen-bond donors (Lipinski definition) is 1. The Kier molecular flexibility index (Phi) is 4.61. The Morgan fingerprint density at radius 3 is 3.12 bits per heavy atom. The van der Waals surface area contributed by atoms with Crippen molar-refractivity contribution >= 4 is 45.1 Å². The Labute approximate surface area is 189 Å². The van der Waals surface area contributed by atoms with Crippen molar-refractivity contribution in [3.05, 3.63) is 64.1 Å². The summed E-state index contributed by atoms with van der Waals surface area (Å²) in [6.45, 7) is 0.756. The Morgan fingerprint density at radius 1 is 1.31 bits per heavy atom. The first-order valence-electron chi connectivity index (χ1n) is 10.8. The number of nitrogens with one attached hydrogen (secondary N) is 1. The number of carbonyl (C=O) groups excluding carboxylic acids is 1. The van der Waals surface area contributed by atoms with Crippen molar-refractivity contribution in [1.82, 2.24) is 19.7 Å². The monoisotopic (exact) mass is 442 g/mol. The molecule has 0 spiro atoms. The first kappa shape index (κ1) is 19.3. The second-order valence-corrected chi connectivity index (χ2v) is 9.60. The van der Waals surface area contributed by atoms with Gasteiger partial charge in [-0.15, -0.1) is 11.3 Å². The minimum absolute atomic E-state index is 0.0520. The van der Waals surface area contributed by atoms with E-state index in [1.165, 1.54) is 16.0 Å². The molecule has 160 valence electrons. The quantitative estimate of drug-likeness (QED) is 0.505. The van der Waals surface area contributed by atoms with Crippen LogP contribution in [0.2, 0.25) is 0 Å². The molecule has 1 aromatic carbocycles. The van der Waals surface area contributed by atoms with E-state index in [-0.39, 0.29) is 5.92 Å². The van der Waals surface area contributed by atoms with Crippen LogP contribution in [-0.4, -0.2) is 31.7 Å². The highest BCUT2D eigenvalue weighted by Crippen LogP contribution is 2.41. The van der Waals surface area contributed by atoms with Gasteiger partial charge in [0.2, 0.25) is 0 Å². The molecule has 1 aliphatic heterocycles. The molecule has 6 rings (SSSR count). The number of nitrogens with zero attached hydrogens (tertiary/aromatic N) is 5. The predicted molar refractivity (Wildman–Crippen MR) is 126 cm³/mol. The van der Waals surface area contributed by atoms with Crippen LogP contribution in [0.3, 0.4) is 0 Å². The Balaban J connectivity index is 1.27. The van der Waals surface area contributed by atoms with Gasteiger partial charge >= 0.3 is 0 Å². The number of hydrogen-bond acceptors (Lipinski definition) is 7. The van der Waals surface area contributed by atoms with Crippen LogP contribution in [0.15, 0.2) is 41.9 Å². The van der Waals surface area contributed by atoms with E-state index in [1.807, 2.05) is 19.5 Å². The summed E-state index contributed by atoms with van der Waals surface area (Å²) >= 11 is 1.70. The topological polar surface area (TPSA) is 85.1 Å². The minimum atomic E-state index is 0.0520. The molecular weight excluding hydrogens is 420 g/mol. The summed E-state index contributed by atoms with van der Waals surface area (Å²) in [7, 11) is 1.88. The van der Waals surface area contributed by atoms with E-state index in [4.69, 9.17) is 0 Å². The standard InChI is InChI=1S/C24H22N6OS/c1-30-12-14(9-28-30)6-20(31)15-3-5-19-21(8-15)32-24-22(19)23(26-13-27-24)29-18-4-2-16-10-25-11-17(16)7-18/h2,4,7,9,11-13,15H,3,5-6,8,10H2,1H3,(H,26,27,29). The van der Waals surface area contributed by atoms with E-state index in [0.717, 1.165) is 58.7 Å². The van der Waals surface area contributed by atoms with E-state index >= 15 is 0 Å². The normalized spacial score (nSPS) is 16.8. The molecule has 1 N–H and O–H groups in total. The van der Waals surface area contributed by atoms with E-state index in [2.05, 4.69) is 43.6 Å². The van der Waals surface area contributed by atoms with Crippen molar-refractivity contribution in [2.45, 2.75) is 32.2 Å². The van der Waals surface area contributed by atoms with Gasteiger partial charge < -0.3 is 5.32 Å². The molecule has 1 unspecified atom stereocenters. The molecule has 1 atom stereocenters. The van der Waals surface area contributed by atoms with Gasteiger partial charge in [0.05, 0.1) is 18.1 Å². The molecule has 0 saturated heterocycles. The molecular formula is C24H22N6OS. The summed E-state index contributed by atoms with van der Waals surface area (Å²) in [5.74, 6) is 1.18. The first-order chi connectivity index (χ1) is 15.6. The summed E-state index contributed by atoms with van der Waals surface area (Å²) in [6, 6.07) is 6.31. The van der Waals surface area contributed by atoms with Gasteiger partial charge in [0, 0.05) is 42.4 Å². The van der Waals surface area contributed by atoms with Crippen molar-refractivity contribution in [3.8, 4) is 0 Å². The Hall–Kier alpha value is -3.39. The lowest BCUT2D eigenvalue weighted by molar-refractivity contribution is -0.122. The maximum Gasteiger partial charge on any atom is 0.142 e. The smallest absolute Gasteiger partial charge is 0.142 e. The summed E-state index contributed by atoms with van der Waals surface area (Å²) in [6.07, 6.45) is 10.2. The number of anilines is 2. The molecule has 0 bridgehead atoms. The van der Waals surface area contributed by atoms with Crippen LogP contribution in [0, 0.1) is 5.92 Å². The molecule has 32 heavy (non-hydrogen) atoms. The van der Waals surface area contributed by atoms with E-state index in [0.29, 0.717) is 12.2 Å². The first-order valence-corrected chi connectivity index (χ1v) is 11.6. The maximum atomic E-state index is 12.9. The van der Waals surface area contributed by atoms with Gasteiger partial charge in [0.15, 0.2) is 0 Å². The highest BCUT2D eigenvalue weighted by Gasteiger charge is 2.29. The number of fused-ring (bicyclic) bond motifs is 4. The summed E-state index contributed by atoms with van der Waals surface area (Å²) < 4.78 is 1.74. The third-order valence-electron chi connectivity index (χ3n) is 6.34. The lowest BCUT2D eigenvalue weighted by Gasteiger charge is -2.21. The lowest BCUT2D eigenvalue weighted by Crippen LogP contribution is -2.23. The van der Waals surface area contributed by atoms with Crippen molar-refractivity contribution in [2.75, 3.05) is 5.32 Å². The number of benzene rings is 1. The molecule has 4 aromatic rings. The minimum Gasteiger partial charge on any atom is -0.340 e. The van der Waals surface area contributed by atoms with Crippen LogP contribution in [-0.2, 0) is 37.6 Å². The van der Waals surface area contributed by atoms with Gasteiger partial charge in [-0.3, -0.25) is 14.5 Å². The number of rotatable bonds is 5. The number of aliphatic imine (C=N–C) groups is 1. The molecule has 4 heterocycles. The van der Waals surface area contributed by atoms with Crippen molar-refractivity contribution < 1.29 is 4.79 Å². The zero-order valence-electron chi connectivity index (χ0n) is 17.7. The summed E-state index contributed by atoms with van der Waals surface area (Å²) in [5.41, 5.74) is 5.68. The third-order valence-corrected chi connectivity index (χ3v) is 7.50. The van der Waals surface area contributed by atoms with E-state index in [1.54, 1.807) is 28.5 Å². The summed E-state index contributed by atoms with van der Waals surface area (Å²) in [4.78, 5) is 28.6. The third kappa shape index (κ3) is 3.40. The number of thiophene rings is 1. The molecule has 2 aliphatic rings. The highest BCUT2D eigenvalue weighted by molar-refractivity contribution is 7.19. The van der Waals surface area contributed by atoms with E-state index in [9.17, 15) is 4.79 Å². The lowest BCUT2D eigenvalue weighted by atomic mass is 9.83. The molecule has 8 heteroatoms. The van der Waals surface area contributed by atoms with Crippen molar-refractivity contribution in [2.24, 2.45) is 18.0 Å². The second-order valence-electron chi connectivity index (χ2n) is 8.52. The van der Waals surface area contributed by atoms with Crippen LogP contribution in [0.1, 0.15) is 33.6 Å². The van der Waals surface area contributed by atoms with Crippen molar-refractivity contribution in [1.29, 1.82) is 0 Å². The highest BCUT2D eigenvalue weighted by atomic mass is 32.1. The van der Waals surface area contributed by atoms with Crippen LogP contribution in [0.5, 0.6) is 0 Å². The number of ketones is 1. The van der Waals surface area contributed by atoms with Gasteiger partial charge in [-0.05, 0) is 53.6 Å². The summed E-state index contributed by atoms with van der Waals surface area (Å²) in [5, 5.41) is 8.78. The fourth-order valence-electron chi connectivity index (χ4n) is 4.70. The van der Waals surface area contributed by atoms with Gasteiger partial charge in [-0.2, -0.15) is 5.10 Å². The molecule has 0 amide bonds. The fourth-order valence-corrected chi connectivity index (χ4v) is 5.97. The Morgan fingerprint density at radius 2 is 2.25 bits per heavy atom. The van der Waals surface area contributed by atoms with Crippen molar-refractivity contribution in [3.63, 3.8) is 0 Å². The van der Waals surface area contributed by atoms with Crippen LogP contribution < -0.4 is 5.32 Å². The van der Waals surface area contributed by atoms with Gasteiger partial charge in [0.25, 0.3) is 0 Å². The number of Topliss-reactive ketones (excluding diaryl/α,β-unsaturated/α-hetero) is 1. The Bertz CT molecular complexity index is 1380. The molecule has 0 radical (unpaired) electrons. The van der Waals surface area contributed by atoms with Crippen LogP contribution in [0.4, 0.5) is 11.5 Å². The molecule has 1 aliphatic carbocycles. The van der Waals surface area contributed by atoms with E-state index < -0.39 is 0 Å². The van der Waals surface area contributed by atoms with Gasteiger partial charge in [-0.25, -0.2) is 9.97 Å². The SMILES string of the molecule is Cn1cc(CC(=O)C2CCc3c(sc4ncnc(Nc5ccc6c(c5)C=NC6)c34)C2)cn1. The molecule has 3 aromatic heterocycles. The van der Waals surface area contributed by atoms with Gasteiger partial charge in [0.1, 0.15) is 22.8 Å². The largest absolute Gasteiger partial charge is 0.340 e. The fraction of sp³-hybridized carbons (Fsp3) is 0.292. The molecule has 0 saturated carbocycles. The predicted octanol–water partition coefficient (Wildman–Crippen LogP) is 4.02. The van der Waals surface area contributed by atoms with Crippen LogP contribution in [0.25, 0.3) is 10.2 Å². The average molecular weight is 443 g/mol. The zero-order valence-corrected chi connectivity index (χ0v) is 18.5. The van der Waals surface area contributed by atoms with Crippen LogP contribution >= 0.6 is 11.3 Å². The maximum absolute atomic E-state index is 12.9. The second kappa shape index (κ2) is 7.63. The number of carbonyl (C=O) groups is 1. The van der Waals surface area contributed by atoms with Gasteiger partial charge in [-0.1, -0.05) is 6.07 Å². The molecule has 0 fully saturated rings.